The number of hydrogen-bond acceptors (Lipinski definition) is 5. The Bertz CT molecular complexity index is 624. The van der Waals surface area contributed by atoms with Crippen LogP contribution in [0.25, 0.3) is 0 Å². The zero-order valence-electron chi connectivity index (χ0n) is 11.8. The summed E-state index contributed by atoms with van der Waals surface area (Å²) in [6, 6.07) is 7.48. The minimum absolute atomic E-state index is 0.671. The van der Waals surface area contributed by atoms with Crippen LogP contribution in [0, 0.1) is 0 Å². The van der Waals surface area contributed by atoms with E-state index >= 15 is 0 Å². The molecule has 0 saturated heterocycles. The molecule has 1 aromatic heterocycles. The molecule has 2 aromatic rings. The highest BCUT2D eigenvalue weighted by atomic mass is 79.9. The number of thioether (sulfide) groups is 1. The number of aromatic nitrogens is 2. The van der Waals surface area contributed by atoms with Crippen LogP contribution in [0.2, 0.25) is 5.02 Å². The Balaban J connectivity index is 2.27. The van der Waals surface area contributed by atoms with Crippen LogP contribution < -0.4 is 10.6 Å². The van der Waals surface area contributed by atoms with Crippen LogP contribution in [0.1, 0.15) is 13.3 Å². The Hall–Kier alpha value is -0.980. The molecule has 0 saturated carbocycles. The minimum Gasteiger partial charge on any atom is -0.370 e. The molecule has 0 bridgehead atoms. The van der Waals surface area contributed by atoms with Gasteiger partial charge in [-0.15, -0.1) is 0 Å². The van der Waals surface area contributed by atoms with E-state index in [1.54, 1.807) is 0 Å². The van der Waals surface area contributed by atoms with Crippen molar-refractivity contribution in [3.8, 4) is 0 Å². The maximum atomic E-state index is 6.03. The van der Waals surface area contributed by atoms with E-state index in [-0.39, 0.29) is 0 Å². The first kappa shape index (κ1) is 16.4. The summed E-state index contributed by atoms with van der Waals surface area (Å²) in [5.74, 6) is 1.55. The van der Waals surface area contributed by atoms with E-state index in [4.69, 9.17) is 11.6 Å². The normalized spacial score (nSPS) is 10.5. The highest BCUT2D eigenvalue weighted by Gasteiger charge is 2.07. The van der Waals surface area contributed by atoms with Gasteiger partial charge in [-0.25, -0.2) is 9.97 Å². The number of rotatable bonds is 6. The van der Waals surface area contributed by atoms with Gasteiger partial charge in [0.25, 0.3) is 0 Å². The van der Waals surface area contributed by atoms with Crippen molar-refractivity contribution in [3.05, 3.63) is 33.8 Å². The van der Waals surface area contributed by atoms with Crippen LogP contribution in [0.15, 0.2) is 33.9 Å². The van der Waals surface area contributed by atoms with Gasteiger partial charge in [0.15, 0.2) is 5.16 Å². The van der Waals surface area contributed by atoms with Gasteiger partial charge in [-0.05, 0) is 46.8 Å². The Kier molecular flexibility index (Phi) is 6.14. The molecule has 1 heterocycles. The molecule has 0 aliphatic rings. The predicted octanol–water partition coefficient (Wildman–Crippen LogP) is 5.18. The van der Waals surface area contributed by atoms with Crippen molar-refractivity contribution in [1.29, 1.82) is 0 Å². The van der Waals surface area contributed by atoms with Gasteiger partial charge in [-0.2, -0.15) is 0 Å². The summed E-state index contributed by atoms with van der Waals surface area (Å²) >= 11 is 11.0. The van der Waals surface area contributed by atoms with Gasteiger partial charge in [-0.3, -0.25) is 0 Å². The van der Waals surface area contributed by atoms with E-state index in [1.165, 1.54) is 11.8 Å². The smallest absolute Gasteiger partial charge is 0.191 e. The maximum Gasteiger partial charge on any atom is 0.191 e. The largest absolute Gasteiger partial charge is 0.370 e. The number of hydrogen-bond donors (Lipinski definition) is 2. The lowest BCUT2D eigenvalue weighted by Crippen LogP contribution is -2.05. The van der Waals surface area contributed by atoms with Gasteiger partial charge in [0.1, 0.15) is 11.6 Å². The molecule has 0 fully saturated rings. The average molecular weight is 388 g/mol. The van der Waals surface area contributed by atoms with Crippen LogP contribution in [0.3, 0.4) is 0 Å². The van der Waals surface area contributed by atoms with E-state index in [0.29, 0.717) is 5.02 Å². The van der Waals surface area contributed by atoms with E-state index in [0.717, 1.165) is 39.9 Å². The van der Waals surface area contributed by atoms with Crippen molar-refractivity contribution in [3.63, 3.8) is 0 Å². The van der Waals surface area contributed by atoms with Crippen molar-refractivity contribution < 1.29 is 0 Å². The Morgan fingerprint density at radius 2 is 2.00 bits per heavy atom. The van der Waals surface area contributed by atoms with Crippen molar-refractivity contribution in [2.75, 3.05) is 23.4 Å². The van der Waals surface area contributed by atoms with Gasteiger partial charge in [0, 0.05) is 22.1 Å². The molecule has 0 aliphatic carbocycles. The van der Waals surface area contributed by atoms with Gasteiger partial charge in [0.05, 0.1) is 5.69 Å². The van der Waals surface area contributed by atoms with Crippen LogP contribution in [-0.4, -0.2) is 22.8 Å². The molecule has 0 spiro atoms. The van der Waals surface area contributed by atoms with Crippen LogP contribution in [-0.2, 0) is 0 Å². The Labute approximate surface area is 142 Å². The van der Waals surface area contributed by atoms with E-state index in [9.17, 15) is 0 Å². The van der Waals surface area contributed by atoms with Crippen LogP contribution >= 0.6 is 39.3 Å². The van der Waals surface area contributed by atoms with E-state index in [1.807, 2.05) is 30.5 Å². The molecule has 7 heteroatoms. The van der Waals surface area contributed by atoms with Gasteiger partial charge >= 0.3 is 0 Å². The molecule has 0 aliphatic heterocycles. The first-order valence-electron chi connectivity index (χ1n) is 6.51. The van der Waals surface area contributed by atoms with Crippen molar-refractivity contribution in [2.45, 2.75) is 18.5 Å². The molecule has 2 N–H and O–H groups in total. The molecule has 0 unspecified atom stereocenters. The fourth-order valence-corrected chi connectivity index (χ4v) is 2.55. The topological polar surface area (TPSA) is 49.8 Å². The number of anilines is 3. The fourth-order valence-electron chi connectivity index (χ4n) is 1.66. The SMILES string of the molecule is CCCNc1cc(Nc2cc(Cl)ccc2Br)nc(SC)n1. The lowest BCUT2D eigenvalue weighted by molar-refractivity contribution is 0.929. The first-order valence-corrected chi connectivity index (χ1v) is 8.91. The van der Waals surface area contributed by atoms with Crippen LogP contribution in [0.5, 0.6) is 0 Å². The highest BCUT2D eigenvalue weighted by Crippen LogP contribution is 2.29. The summed E-state index contributed by atoms with van der Waals surface area (Å²) < 4.78 is 0.930. The summed E-state index contributed by atoms with van der Waals surface area (Å²) in [5.41, 5.74) is 0.870. The fraction of sp³-hybridized carbons (Fsp3) is 0.286. The first-order chi connectivity index (χ1) is 10.1. The summed E-state index contributed by atoms with van der Waals surface area (Å²) in [6.07, 6.45) is 3.00. The summed E-state index contributed by atoms with van der Waals surface area (Å²) in [7, 11) is 0. The van der Waals surface area contributed by atoms with Gasteiger partial charge in [-0.1, -0.05) is 30.3 Å². The number of benzene rings is 1. The second-order valence-electron chi connectivity index (χ2n) is 4.30. The van der Waals surface area contributed by atoms with E-state index < -0.39 is 0 Å². The van der Waals surface area contributed by atoms with Gasteiger partial charge < -0.3 is 10.6 Å². The zero-order valence-corrected chi connectivity index (χ0v) is 14.9. The van der Waals surface area contributed by atoms with Crippen molar-refractivity contribution >= 4 is 56.6 Å². The maximum absolute atomic E-state index is 6.03. The predicted molar refractivity (Wildman–Crippen MR) is 95.0 cm³/mol. The zero-order chi connectivity index (χ0) is 15.2. The third kappa shape index (κ3) is 4.76. The lowest BCUT2D eigenvalue weighted by atomic mass is 10.3. The molecule has 0 amide bonds. The quantitative estimate of drug-likeness (QED) is 0.528. The molecule has 112 valence electrons. The molecule has 0 atom stereocenters. The molecule has 1 aromatic carbocycles. The molecule has 4 nitrogen and oxygen atoms in total. The summed E-state index contributed by atoms with van der Waals surface area (Å²) in [4.78, 5) is 8.90. The second kappa shape index (κ2) is 7.87. The highest BCUT2D eigenvalue weighted by molar-refractivity contribution is 9.10. The number of halogens is 2. The number of nitrogens with zero attached hydrogens (tertiary/aromatic N) is 2. The third-order valence-corrected chi connectivity index (χ3v) is 4.11. The van der Waals surface area contributed by atoms with Gasteiger partial charge in [0.2, 0.25) is 0 Å². The minimum atomic E-state index is 0.671. The molecular weight excluding hydrogens is 372 g/mol. The summed E-state index contributed by atoms with van der Waals surface area (Å²) in [6.45, 7) is 3.00. The molecular formula is C14H16BrClN4S. The monoisotopic (exact) mass is 386 g/mol. The second-order valence-corrected chi connectivity index (χ2v) is 6.37. The van der Waals surface area contributed by atoms with Crippen molar-refractivity contribution in [1.82, 2.24) is 9.97 Å². The van der Waals surface area contributed by atoms with E-state index in [2.05, 4.69) is 43.5 Å². The molecule has 2 rings (SSSR count). The molecule has 0 radical (unpaired) electrons. The third-order valence-electron chi connectivity index (χ3n) is 2.64. The summed E-state index contributed by atoms with van der Waals surface area (Å²) in [5, 5.41) is 7.94. The lowest BCUT2D eigenvalue weighted by Gasteiger charge is -2.11. The Morgan fingerprint density at radius 3 is 2.71 bits per heavy atom. The Morgan fingerprint density at radius 1 is 1.24 bits per heavy atom. The number of nitrogens with one attached hydrogen (secondary N) is 2. The van der Waals surface area contributed by atoms with Crippen LogP contribution in [0.4, 0.5) is 17.3 Å². The standard InChI is InChI=1S/C14H16BrClN4S/c1-3-6-17-12-8-13(20-14(19-12)21-2)18-11-7-9(16)4-5-10(11)15/h4-5,7-8H,3,6H2,1-2H3,(H2,17,18,19,20). The van der Waals surface area contributed by atoms with Crippen molar-refractivity contribution in [2.24, 2.45) is 0 Å². The average Bonchev–Trinajstić information content (AvgIpc) is 2.48. The molecule has 21 heavy (non-hydrogen) atoms.